The molecular weight excluding hydrogens is 228 g/mol. The van der Waals surface area contributed by atoms with Crippen LogP contribution < -0.4 is 5.73 Å². The van der Waals surface area contributed by atoms with E-state index in [0.717, 1.165) is 45.7 Å². The second kappa shape index (κ2) is 5.87. The van der Waals surface area contributed by atoms with Crippen LogP contribution in [-0.4, -0.2) is 50.1 Å². The molecule has 0 unspecified atom stereocenters. The lowest BCUT2D eigenvalue weighted by Crippen LogP contribution is -2.45. The molecule has 2 aliphatic heterocycles. The van der Waals surface area contributed by atoms with Gasteiger partial charge in [0.25, 0.3) is 0 Å². The van der Waals surface area contributed by atoms with Gasteiger partial charge >= 0.3 is 0 Å². The van der Waals surface area contributed by atoms with E-state index in [2.05, 4.69) is 18.7 Å². The molecule has 2 heterocycles. The fourth-order valence-corrected chi connectivity index (χ4v) is 2.79. The molecule has 0 bridgehead atoms. The topological polar surface area (TPSA) is 47.7 Å². The van der Waals surface area contributed by atoms with Crippen molar-refractivity contribution in [2.45, 2.75) is 45.3 Å². The zero-order valence-corrected chi connectivity index (χ0v) is 11.9. The number of likely N-dealkylation sites (tertiary alicyclic amines) is 1. The minimum atomic E-state index is -0.229. The van der Waals surface area contributed by atoms with E-state index in [4.69, 9.17) is 15.2 Å². The summed E-state index contributed by atoms with van der Waals surface area (Å²) in [7, 11) is 0. The number of nitrogens with two attached hydrogens (primary N) is 1. The van der Waals surface area contributed by atoms with Gasteiger partial charge < -0.3 is 20.1 Å². The van der Waals surface area contributed by atoms with Crippen LogP contribution in [0.2, 0.25) is 0 Å². The fraction of sp³-hybridized carbons (Fsp3) is 1.00. The maximum atomic E-state index is 5.76. The Morgan fingerprint density at radius 1 is 1.17 bits per heavy atom. The van der Waals surface area contributed by atoms with Crippen LogP contribution in [0.15, 0.2) is 0 Å². The first-order valence-electron chi connectivity index (χ1n) is 7.26. The minimum absolute atomic E-state index is 0.229. The van der Waals surface area contributed by atoms with Crippen LogP contribution in [0, 0.1) is 5.41 Å². The van der Waals surface area contributed by atoms with Crippen LogP contribution >= 0.6 is 0 Å². The van der Waals surface area contributed by atoms with Crippen molar-refractivity contribution >= 4 is 0 Å². The summed E-state index contributed by atoms with van der Waals surface area (Å²) in [4.78, 5) is 2.53. The van der Waals surface area contributed by atoms with Crippen molar-refractivity contribution in [3.05, 3.63) is 0 Å². The molecule has 2 saturated heterocycles. The Balaban J connectivity index is 1.65. The average molecular weight is 256 g/mol. The van der Waals surface area contributed by atoms with E-state index in [1.165, 1.54) is 19.4 Å². The van der Waals surface area contributed by atoms with Gasteiger partial charge in [-0.1, -0.05) is 13.8 Å². The van der Waals surface area contributed by atoms with Crippen molar-refractivity contribution in [3.63, 3.8) is 0 Å². The quantitative estimate of drug-likeness (QED) is 0.811. The van der Waals surface area contributed by atoms with E-state index in [1.807, 2.05) is 0 Å². The van der Waals surface area contributed by atoms with Crippen molar-refractivity contribution < 1.29 is 9.47 Å². The Kier molecular flexibility index (Phi) is 4.64. The molecule has 0 aliphatic carbocycles. The zero-order valence-electron chi connectivity index (χ0n) is 11.9. The van der Waals surface area contributed by atoms with Crippen LogP contribution in [-0.2, 0) is 9.47 Å². The van der Waals surface area contributed by atoms with Crippen LogP contribution in [0.1, 0.15) is 39.5 Å². The highest BCUT2D eigenvalue weighted by Crippen LogP contribution is 2.31. The molecule has 0 aromatic carbocycles. The second-order valence-electron chi connectivity index (χ2n) is 6.42. The smallest absolute Gasteiger partial charge is 0.170 e. The SMILES string of the molecule is CC(C)(CN)CCCN1CCC2(CC1)OCCO2. The molecule has 2 N–H and O–H groups in total. The summed E-state index contributed by atoms with van der Waals surface area (Å²) >= 11 is 0. The first-order chi connectivity index (χ1) is 8.55. The molecule has 0 radical (unpaired) electrons. The Morgan fingerprint density at radius 3 is 2.33 bits per heavy atom. The molecule has 2 rings (SSSR count). The number of hydrogen-bond acceptors (Lipinski definition) is 4. The largest absolute Gasteiger partial charge is 0.347 e. The molecule has 0 aromatic heterocycles. The number of ether oxygens (including phenoxy) is 2. The van der Waals surface area contributed by atoms with Gasteiger partial charge in [-0.3, -0.25) is 0 Å². The lowest BCUT2D eigenvalue weighted by atomic mass is 9.88. The van der Waals surface area contributed by atoms with Crippen LogP contribution in [0.25, 0.3) is 0 Å². The number of nitrogens with zero attached hydrogens (tertiary/aromatic N) is 1. The third-order valence-electron chi connectivity index (χ3n) is 4.31. The molecule has 2 fully saturated rings. The molecule has 2 aliphatic rings. The van der Waals surface area contributed by atoms with E-state index < -0.39 is 0 Å². The molecule has 106 valence electrons. The summed E-state index contributed by atoms with van der Waals surface area (Å²) in [6, 6.07) is 0. The van der Waals surface area contributed by atoms with Gasteiger partial charge in [0, 0.05) is 25.9 Å². The summed E-state index contributed by atoms with van der Waals surface area (Å²) < 4.78 is 11.5. The summed E-state index contributed by atoms with van der Waals surface area (Å²) in [5, 5.41) is 0. The molecule has 0 saturated carbocycles. The molecule has 4 nitrogen and oxygen atoms in total. The average Bonchev–Trinajstić information content (AvgIpc) is 2.81. The molecule has 0 aromatic rings. The third kappa shape index (κ3) is 3.67. The van der Waals surface area contributed by atoms with Crippen molar-refractivity contribution in [2.24, 2.45) is 11.1 Å². The number of rotatable bonds is 5. The minimum Gasteiger partial charge on any atom is -0.347 e. The van der Waals surface area contributed by atoms with Crippen molar-refractivity contribution in [1.82, 2.24) is 4.90 Å². The van der Waals surface area contributed by atoms with Gasteiger partial charge in [0.15, 0.2) is 5.79 Å². The van der Waals surface area contributed by atoms with Gasteiger partial charge in [0.05, 0.1) is 13.2 Å². The van der Waals surface area contributed by atoms with E-state index in [-0.39, 0.29) is 11.2 Å². The predicted molar refractivity (Wildman–Crippen MR) is 72.4 cm³/mol. The summed E-state index contributed by atoms with van der Waals surface area (Å²) in [6.07, 6.45) is 4.48. The van der Waals surface area contributed by atoms with Crippen LogP contribution in [0.3, 0.4) is 0 Å². The predicted octanol–water partition coefficient (Wildman–Crippen LogP) is 1.59. The van der Waals surface area contributed by atoms with E-state index in [9.17, 15) is 0 Å². The Morgan fingerprint density at radius 2 is 1.78 bits per heavy atom. The maximum absolute atomic E-state index is 5.76. The summed E-state index contributed by atoms with van der Waals surface area (Å²) in [5.74, 6) is -0.229. The molecule has 18 heavy (non-hydrogen) atoms. The number of piperidine rings is 1. The molecular formula is C14H28N2O2. The molecule has 4 heteroatoms. The van der Waals surface area contributed by atoms with Crippen LogP contribution in [0.4, 0.5) is 0 Å². The normalized spacial score (nSPS) is 24.8. The van der Waals surface area contributed by atoms with Gasteiger partial charge in [0.1, 0.15) is 0 Å². The van der Waals surface area contributed by atoms with Gasteiger partial charge in [-0.15, -0.1) is 0 Å². The maximum Gasteiger partial charge on any atom is 0.170 e. The van der Waals surface area contributed by atoms with Crippen molar-refractivity contribution in [3.8, 4) is 0 Å². The van der Waals surface area contributed by atoms with Gasteiger partial charge in [-0.2, -0.15) is 0 Å². The lowest BCUT2D eigenvalue weighted by Gasteiger charge is -2.37. The fourth-order valence-electron chi connectivity index (χ4n) is 2.79. The Hall–Kier alpha value is -0.160. The Labute approximate surface area is 111 Å². The highest BCUT2D eigenvalue weighted by atomic mass is 16.7. The Bertz CT molecular complexity index is 253. The summed E-state index contributed by atoms with van der Waals surface area (Å²) in [5.41, 5.74) is 6.04. The highest BCUT2D eigenvalue weighted by molar-refractivity contribution is 4.83. The lowest BCUT2D eigenvalue weighted by molar-refractivity contribution is -0.185. The van der Waals surface area contributed by atoms with Crippen LogP contribution in [0.5, 0.6) is 0 Å². The van der Waals surface area contributed by atoms with E-state index in [0.29, 0.717) is 0 Å². The molecule has 0 atom stereocenters. The number of hydrogen-bond donors (Lipinski definition) is 1. The standard InChI is InChI=1S/C14H28N2O2/c1-13(2,12-15)4-3-7-16-8-5-14(6-9-16)17-10-11-18-14/h3-12,15H2,1-2H3. The monoisotopic (exact) mass is 256 g/mol. The zero-order chi connectivity index (χ0) is 13.1. The summed E-state index contributed by atoms with van der Waals surface area (Å²) in [6.45, 7) is 10.2. The van der Waals surface area contributed by atoms with E-state index >= 15 is 0 Å². The molecule has 0 amide bonds. The van der Waals surface area contributed by atoms with Gasteiger partial charge in [-0.25, -0.2) is 0 Å². The molecule has 1 spiro atoms. The first kappa shape index (κ1) is 14.3. The van der Waals surface area contributed by atoms with Crippen molar-refractivity contribution in [1.29, 1.82) is 0 Å². The van der Waals surface area contributed by atoms with Crippen molar-refractivity contribution in [2.75, 3.05) is 39.4 Å². The third-order valence-corrected chi connectivity index (χ3v) is 4.31. The second-order valence-corrected chi connectivity index (χ2v) is 6.42. The van der Waals surface area contributed by atoms with Gasteiger partial charge in [-0.05, 0) is 31.3 Å². The first-order valence-corrected chi connectivity index (χ1v) is 7.26. The van der Waals surface area contributed by atoms with E-state index in [1.54, 1.807) is 0 Å². The van der Waals surface area contributed by atoms with Gasteiger partial charge in [0.2, 0.25) is 0 Å². The highest BCUT2D eigenvalue weighted by Gasteiger charge is 2.39.